The fourth-order valence-electron chi connectivity index (χ4n) is 5.52. The Kier molecular flexibility index (Phi) is 7.56. The van der Waals surface area contributed by atoms with Crippen LogP contribution < -0.4 is 20.2 Å². The first-order chi connectivity index (χ1) is 18.3. The van der Waals surface area contributed by atoms with E-state index in [1.807, 2.05) is 41.3 Å². The van der Waals surface area contributed by atoms with Crippen LogP contribution in [-0.4, -0.2) is 60.0 Å². The minimum atomic E-state index is -2.76. The average molecular weight is 535 g/mol. The van der Waals surface area contributed by atoms with E-state index in [-0.39, 0.29) is 17.5 Å². The van der Waals surface area contributed by atoms with Crippen molar-refractivity contribution in [1.82, 2.24) is 0 Å². The maximum Gasteiger partial charge on any atom is 0.414 e. The van der Waals surface area contributed by atoms with E-state index in [1.54, 1.807) is 12.1 Å². The van der Waals surface area contributed by atoms with Crippen LogP contribution in [0.3, 0.4) is 0 Å². The first-order valence-electron chi connectivity index (χ1n) is 13.1. The van der Waals surface area contributed by atoms with Crippen LogP contribution in [0.1, 0.15) is 20.8 Å². The molecule has 0 saturated carbocycles. The van der Waals surface area contributed by atoms with Gasteiger partial charge in [-0.3, -0.25) is 4.90 Å². The molecule has 5 rings (SSSR count). The van der Waals surface area contributed by atoms with Crippen molar-refractivity contribution in [3.8, 4) is 0 Å². The number of carbonyl (C=O) groups is 1. The molecule has 2 heterocycles. The standard InChI is InChI=1S/C30H35FN2O4Si/c1-30(2,3)38(25-10-6-4-7-11-25,26-12-8-5-9-13-26)36-22-24-21-33(29(34)37-24)23-14-15-28(27(31)20-23)32-16-18-35-19-17-32/h4-15,20,24H,16-19,21-22H2,1-3H3. The number of nitrogens with zero attached hydrogens (tertiary/aromatic N) is 2. The van der Waals surface area contributed by atoms with E-state index in [4.69, 9.17) is 13.9 Å². The largest absolute Gasteiger partial charge is 0.442 e. The Hall–Kier alpha value is -3.20. The zero-order valence-corrected chi connectivity index (χ0v) is 23.2. The van der Waals surface area contributed by atoms with E-state index in [2.05, 4.69) is 45.0 Å². The minimum absolute atomic E-state index is 0.184. The number of rotatable bonds is 7. The molecule has 0 aromatic heterocycles. The summed E-state index contributed by atoms with van der Waals surface area (Å²) in [4.78, 5) is 16.3. The van der Waals surface area contributed by atoms with E-state index in [0.29, 0.717) is 44.2 Å². The van der Waals surface area contributed by atoms with Gasteiger partial charge in [-0.1, -0.05) is 81.4 Å². The number of hydrogen-bond donors (Lipinski definition) is 0. The lowest BCUT2D eigenvalue weighted by atomic mass is 10.2. The molecule has 8 heteroatoms. The quantitative estimate of drug-likeness (QED) is 0.416. The van der Waals surface area contributed by atoms with Crippen molar-refractivity contribution in [2.24, 2.45) is 0 Å². The number of morpholine rings is 1. The molecule has 3 aromatic carbocycles. The van der Waals surface area contributed by atoms with Gasteiger partial charge < -0.3 is 18.8 Å². The lowest BCUT2D eigenvalue weighted by Gasteiger charge is -2.43. The summed E-state index contributed by atoms with van der Waals surface area (Å²) in [5, 5.41) is 2.15. The molecule has 2 fully saturated rings. The third-order valence-electron chi connectivity index (χ3n) is 7.37. The number of carbonyl (C=O) groups excluding carboxylic acids is 1. The van der Waals surface area contributed by atoms with Gasteiger partial charge in [-0.2, -0.15) is 0 Å². The van der Waals surface area contributed by atoms with Crippen LogP contribution in [-0.2, 0) is 13.9 Å². The van der Waals surface area contributed by atoms with E-state index >= 15 is 4.39 Å². The number of halogens is 1. The Balaban J connectivity index is 1.36. The lowest BCUT2D eigenvalue weighted by molar-refractivity contribution is 0.101. The van der Waals surface area contributed by atoms with Crippen LogP contribution in [0.4, 0.5) is 20.6 Å². The summed E-state index contributed by atoms with van der Waals surface area (Å²) in [7, 11) is -2.76. The predicted octanol–water partition coefficient (Wildman–Crippen LogP) is 4.56. The average Bonchev–Trinajstić information content (AvgIpc) is 3.30. The number of cyclic esters (lactones) is 1. The van der Waals surface area contributed by atoms with Gasteiger partial charge in [0.15, 0.2) is 0 Å². The third-order valence-corrected chi connectivity index (χ3v) is 12.4. The van der Waals surface area contributed by atoms with E-state index in [9.17, 15) is 4.79 Å². The zero-order valence-electron chi connectivity index (χ0n) is 22.2. The highest BCUT2D eigenvalue weighted by Gasteiger charge is 2.51. The van der Waals surface area contributed by atoms with Gasteiger partial charge in [0.2, 0.25) is 0 Å². The normalized spacial score (nSPS) is 18.5. The van der Waals surface area contributed by atoms with E-state index < -0.39 is 20.5 Å². The molecule has 2 aliphatic heterocycles. The van der Waals surface area contributed by atoms with Crippen molar-refractivity contribution < 1.29 is 23.1 Å². The van der Waals surface area contributed by atoms with Gasteiger partial charge in [-0.05, 0) is 33.6 Å². The van der Waals surface area contributed by atoms with Crippen molar-refractivity contribution >= 4 is 36.2 Å². The summed E-state index contributed by atoms with van der Waals surface area (Å²) in [6.45, 7) is 9.63. The summed E-state index contributed by atoms with van der Waals surface area (Å²) >= 11 is 0. The summed E-state index contributed by atoms with van der Waals surface area (Å²) in [5.41, 5.74) is 1.01. The summed E-state index contributed by atoms with van der Waals surface area (Å²) in [6, 6.07) is 25.7. The zero-order chi connectivity index (χ0) is 26.8. The van der Waals surface area contributed by atoms with Gasteiger partial charge in [-0.25, -0.2) is 9.18 Å². The Morgan fingerprint density at radius 3 is 2.11 bits per heavy atom. The first-order valence-corrected chi connectivity index (χ1v) is 15.1. The van der Waals surface area contributed by atoms with Crippen molar-refractivity contribution in [1.29, 1.82) is 0 Å². The summed E-state index contributed by atoms with van der Waals surface area (Å²) in [6.07, 6.45) is -0.953. The molecule has 0 bridgehead atoms. The Morgan fingerprint density at radius 1 is 0.947 bits per heavy atom. The first kappa shape index (κ1) is 26.4. The molecule has 0 spiro atoms. The second-order valence-electron chi connectivity index (χ2n) is 10.8. The van der Waals surface area contributed by atoms with Crippen LogP contribution in [0.25, 0.3) is 0 Å². The second kappa shape index (κ2) is 10.9. The SMILES string of the molecule is CC(C)(C)[Si](OCC1CN(c2ccc(N3CCOCC3)c(F)c2)C(=O)O1)(c1ccccc1)c1ccccc1. The Bertz CT molecular complexity index is 1210. The van der Waals surface area contributed by atoms with Gasteiger partial charge in [0.25, 0.3) is 8.32 Å². The van der Waals surface area contributed by atoms with Crippen LogP contribution in [0.15, 0.2) is 78.9 Å². The smallest absolute Gasteiger partial charge is 0.414 e. The Labute approximate surface area is 225 Å². The molecule has 1 atom stereocenters. The fraction of sp³-hybridized carbons (Fsp3) is 0.367. The maximum atomic E-state index is 15.0. The van der Waals surface area contributed by atoms with E-state index in [0.717, 1.165) is 0 Å². The number of hydrogen-bond acceptors (Lipinski definition) is 5. The van der Waals surface area contributed by atoms with Crippen molar-refractivity contribution in [3.05, 3.63) is 84.7 Å². The summed E-state index contributed by atoms with van der Waals surface area (Å²) in [5.74, 6) is -0.357. The monoisotopic (exact) mass is 534 g/mol. The van der Waals surface area contributed by atoms with Crippen LogP contribution in [0.5, 0.6) is 0 Å². The van der Waals surface area contributed by atoms with Crippen molar-refractivity contribution in [2.75, 3.05) is 49.3 Å². The van der Waals surface area contributed by atoms with E-state index in [1.165, 1.54) is 21.3 Å². The fourth-order valence-corrected chi connectivity index (χ4v) is 10.1. The molecule has 2 saturated heterocycles. The second-order valence-corrected chi connectivity index (χ2v) is 15.1. The minimum Gasteiger partial charge on any atom is -0.442 e. The van der Waals surface area contributed by atoms with Gasteiger partial charge in [0.1, 0.15) is 11.9 Å². The highest BCUT2D eigenvalue weighted by Crippen LogP contribution is 2.37. The summed E-state index contributed by atoms with van der Waals surface area (Å²) < 4.78 is 33.1. The van der Waals surface area contributed by atoms with Gasteiger partial charge >= 0.3 is 6.09 Å². The van der Waals surface area contributed by atoms with Crippen LogP contribution in [0.2, 0.25) is 5.04 Å². The van der Waals surface area contributed by atoms with Gasteiger partial charge in [0.05, 0.1) is 37.7 Å². The number of anilines is 2. The topological polar surface area (TPSA) is 51.2 Å². The lowest BCUT2D eigenvalue weighted by Crippen LogP contribution is -2.67. The highest BCUT2D eigenvalue weighted by molar-refractivity contribution is 6.99. The van der Waals surface area contributed by atoms with Crippen LogP contribution >= 0.6 is 0 Å². The molecule has 1 unspecified atom stereocenters. The van der Waals surface area contributed by atoms with Crippen molar-refractivity contribution in [2.45, 2.75) is 31.9 Å². The molecule has 38 heavy (non-hydrogen) atoms. The highest BCUT2D eigenvalue weighted by atomic mass is 28.4. The number of ether oxygens (including phenoxy) is 2. The van der Waals surface area contributed by atoms with Gasteiger partial charge in [-0.15, -0.1) is 0 Å². The molecule has 0 radical (unpaired) electrons. The molecule has 0 aliphatic carbocycles. The van der Waals surface area contributed by atoms with Crippen LogP contribution in [0, 0.1) is 5.82 Å². The molecule has 3 aromatic rings. The molecule has 6 nitrogen and oxygen atoms in total. The molecular weight excluding hydrogens is 499 g/mol. The molecular formula is C30H35FN2O4Si. The molecule has 0 N–H and O–H groups in total. The molecule has 1 amide bonds. The molecule has 2 aliphatic rings. The van der Waals surface area contributed by atoms with Crippen molar-refractivity contribution in [3.63, 3.8) is 0 Å². The van der Waals surface area contributed by atoms with Gasteiger partial charge in [0, 0.05) is 13.1 Å². The third kappa shape index (κ3) is 5.08. The number of amides is 1. The Morgan fingerprint density at radius 2 is 1.55 bits per heavy atom. The maximum absolute atomic E-state index is 15.0. The predicted molar refractivity (Wildman–Crippen MR) is 151 cm³/mol. The molecule has 200 valence electrons. The number of benzene rings is 3.